The maximum atomic E-state index is 4.77. The first-order chi connectivity index (χ1) is 39.5. The van der Waals surface area contributed by atoms with Crippen molar-refractivity contribution in [1.29, 1.82) is 0 Å². The highest BCUT2D eigenvalue weighted by atomic mass is 15.1. The SMILES string of the molecule is CCN=C1C=CC(=C(c2ccc(NCC)cc2)c2c(-c3ccccc3)n(CCCCN(CC)c3ccc(C(=C4C=CC(=NCC)C=C4)c4c(-c5ccccc5)n(CCCC(CC)CC)c5ccccc45)cc3)c3ccccc23)C=C1. The van der Waals surface area contributed by atoms with Gasteiger partial charge in [-0.25, -0.2) is 0 Å². The van der Waals surface area contributed by atoms with Crippen LogP contribution in [0.5, 0.6) is 0 Å². The number of aromatic nitrogens is 2. The topological polar surface area (TPSA) is 49.9 Å². The molecule has 2 heterocycles. The van der Waals surface area contributed by atoms with Crippen LogP contribution in [0, 0.1) is 5.92 Å². The Hall–Kier alpha value is -8.22. The zero-order valence-corrected chi connectivity index (χ0v) is 48.1. The number of hydrogen-bond donors (Lipinski definition) is 1. The van der Waals surface area contributed by atoms with Crippen molar-refractivity contribution in [2.45, 2.75) is 93.2 Å². The number of nitrogens with one attached hydrogen (secondary N) is 1. The van der Waals surface area contributed by atoms with E-state index in [1.807, 2.05) is 0 Å². The first kappa shape index (κ1) is 55.1. The molecule has 10 rings (SSSR count). The van der Waals surface area contributed by atoms with E-state index in [0.29, 0.717) is 0 Å². The van der Waals surface area contributed by atoms with E-state index < -0.39 is 0 Å². The number of hydrogen-bond acceptors (Lipinski definition) is 4. The van der Waals surface area contributed by atoms with Crippen LogP contribution in [0.4, 0.5) is 11.4 Å². The van der Waals surface area contributed by atoms with E-state index in [2.05, 4.69) is 267 Å². The Morgan fingerprint density at radius 3 is 1.38 bits per heavy atom. The first-order valence-electron chi connectivity index (χ1n) is 29.8. The second kappa shape index (κ2) is 26.6. The van der Waals surface area contributed by atoms with Gasteiger partial charge in [-0.05, 0) is 165 Å². The van der Waals surface area contributed by atoms with Gasteiger partial charge in [-0.15, -0.1) is 0 Å². The minimum atomic E-state index is 0.749. The normalized spacial score (nSPS) is 13.1. The zero-order chi connectivity index (χ0) is 55.2. The molecular weight excluding hydrogens is 973 g/mol. The number of unbranched alkanes of at least 4 members (excludes halogenated alkanes) is 1. The van der Waals surface area contributed by atoms with Crippen LogP contribution in [0.15, 0.2) is 227 Å². The Bertz CT molecular complexity index is 3610. The lowest BCUT2D eigenvalue weighted by Gasteiger charge is -2.24. The Kier molecular flexibility index (Phi) is 18.3. The molecule has 6 heteroatoms. The third-order valence-corrected chi connectivity index (χ3v) is 16.2. The van der Waals surface area contributed by atoms with Gasteiger partial charge in [-0.1, -0.05) is 172 Å². The summed E-state index contributed by atoms with van der Waals surface area (Å²) in [5.74, 6) is 0.749. The molecule has 0 unspecified atom stereocenters. The van der Waals surface area contributed by atoms with E-state index in [-0.39, 0.29) is 0 Å². The minimum Gasteiger partial charge on any atom is -0.385 e. The molecule has 6 nitrogen and oxygen atoms in total. The van der Waals surface area contributed by atoms with Gasteiger partial charge >= 0.3 is 0 Å². The van der Waals surface area contributed by atoms with E-state index in [1.54, 1.807) is 0 Å². The fraction of sp³-hybridized carbons (Fsp3) is 0.270. The summed E-state index contributed by atoms with van der Waals surface area (Å²) in [7, 11) is 0. The molecule has 0 aliphatic heterocycles. The third kappa shape index (κ3) is 12.0. The Labute approximate surface area is 476 Å². The average Bonchev–Trinajstić information content (AvgIpc) is 4.21. The largest absolute Gasteiger partial charge is 0.385 e. The van der Waals surface area contributed by atoms with Crippen molar-refractivity contribution in [3.8, 4) is 22.5 Å². The van der Waals surface area contributed by atoms with Crippen LogP contribution >= 0.6 is 0 Å². The van der Waals surface area contributed by atoms with Crippen molar-refractivity contribution >= 4 is 55.8 Å². The maximum absolute atomic E-state index is 4.77. The standard InChI is InChI=1S/C74H80N6/c1-7-54(8-2)26-25-53-80-68-34-22-20-32-66(68)72(74(80)60-29-17-14-18-30-60)70(57-39-47-63(48-40-57)77-11-5)58-41-49-64(50-42-58)78(12-6)51-23-24-52-79-67-33-21-19-31-65(67)71(73(79)59-27-15-13-16-28-59)69(55-35-43-61(44-36-55)75-9-3)56-37-45-62(46-38-56)76-10-4/h13-22,27-50,54,75H,7-12,23-26,51-53H2,1-6H3. The van der Waals surface area contributed by atoms with Gasteiger partial charge in [-0.3, -0.25) is 9.98 Å². The number of nitrogens with zero attached hydrogens (tertiary/aromatic N) is 5. The van der Waals surface area contributed by atoms with Crippen molar-refractivity contribution in [3.05, 3.63) is 240 Å². The number of fused-ring (bicyclic) bond motifs is 2. The molecule has 0 saturated carbocycles. The van der Waals surface area contributed by atoms with E-state index in [1.165, 1.54) is 114 Å². The molecule has 0 fully saturated rings. The second-order valence-corrected chi connectivity index (χ2v) is 21.1. The first-order valence-corrected chi connectivity index (χ1v) is 29.8. The van der Waals surface area contributed by atoms with Crippen LogP contribution in [0.1, 0.15) is 102 Å². The number of para-hydroxylation sites is 2. The minimum absolute atomic E-state index is 0.749. The lowest BCUT2D eigenvalue weighted by Crippen LogP contribution is -2.24. The fourth-order valence-electron chi connectivity index (χ4n) is 12.2. The van der Waals surface area contributed by atoms with Crippen molar-refractivity contribution in [1.82, 2.24) is 9.13 Å². The zero-order valence-electron chi connectivity index (χ0n) is 48.1. The van der Waals surface area contributed by atoms with E-state index in [9.17, 15) is 0 Å². The molecule has 0 saturated heterocycles. The summed E-state index contributed by atoms with van der Waals surface area (Å²) in [6.07, 6.45) is 24.7. The lowest BCUT2D eigenvalue weighted by molar-refractivity contribution is 0.426. The van der Waals surface area contributed by atoms with Gasteiger partial charge in [0.05, 0.1) is 22.8 Å². The number of anilines is 2. The molecule has 0 amide bonds. The van der Waals surface area contributed by atoms with Gasteiger partial charge in [0, 0.05) is 90.1 Å². The summed E-state index contributed by atoms with van der Waals surface area (Å²) < 4.78 is 5.23. The number of allylic oxidation sites excluding steroid dienone is 10. The van der Waals surface area contributed by atoms with Gasteiger partial charge < -0.3 is 19.4 Å². The fourth-order valence-corrected chi connectivity index (χ4v) is 12.2. The van der Waals surface area contributed by atoms with Crippen molar-refractivity contribution in [3.63, 3.8) is 0 Å². The summed E-state index contributed by atoms with van der Waals surface area (Å²) in [6, 6.07) is 58.7. The van der Waals surface area contributed by atoms with Crippen molar-refractivity contribution in [2.75, 3.05) is 42.9 Å². The predicted octanol–water partition coefficient (Wildman–Crippen LogP) is 18.7. The van der Waals surface area contributed by atoms with Crippen LogP contribution < -0.4 is 10.2 Å². The van der Waals surface area contributed by atoms with Gasteiger partial charge in [0.25, 0.3) is 0 Å². The molecule has 406 valence electrons. The van der Waals surface area contributed by atoms with Crippen LogP contribution in [0.2, 0.25) is 0 Å². The third-order valence-electron chi connectivity index (χ3n) is 16.2. The van der Waals surface area contributed by atoms with Crippen LogP contribution in [0.25, 0.3) is 55.5 Å². The summed E-state index contributed by atoms with van der Waals surface area (Å²) in [4.78, 5) is 12.1. The molecule has 0 radical (unpaired) electrons. The van der Waals surface area contributed by atoms with Crippen LogP contribution in [0.3, 0.4) is 0 Å². The van der Waals surface area contributed by atoms with Crippen LogP contribution in [-0.4, -0.2) is 53.3 Å². The molecular formula is C74H80N6. The molecule has 2 aromatic heterocycles. The Morgan fingerprint density at radius 2 is 0.925 bits per heavy atom. The highest BCUT2D eigenvalue weighted by Crippen LogP contribution is 2.45. The molecule has 2 aliphatic rings. The lowest BCUT2D eigenvalue weighted by atomic mass is 9.87. The van der Waals surface area contributed by atoms with Gasteiger partial charge in [0.15, 0.2) is 0 Å². The van der Waals surface area contributed by atoms with E-state index in [4.69, 9.17) is 9.98 Å². The number of rotatable bonds is 23. The van der Waals surface area contributed by atoms with Gasteiger partial charge in [0.1, 0.15) is 0 Å². The monoisotopic (exact) mass is 1050 g/mol. The molecule has 80 heavy (non-hydrogen) atoms. The van der Waals surface area contributed by atoms with E-state index >= 15 is 0 Å². The van der Waals surface area contributed by atoms with Gasteiger partial charge in [0.2, 0.25) is 0 Å². The molecule has 0 spiro atoms. The quantitative estimate of drug-likeness (QED) is 0.0649. The smallest absolute Gasteiger partial charge is 0.0574 e. The number of aryl methyl sites for hydroxylation is 2. The average molecular weight is 1050 g/mol. The Balaban J connectivity index is 0.987. The molecule has 8 aromatic rings. The van der Waals surface area contributed by atoms with Crippen molar-refractivity contribution < 1.29 is 0 Å². The van der Waals surface area contributed by atoms with E-state index in [0.717, 1.165) is 88.1 Å². The predicted molar refractivity (Wildman–Crippen MR) is 347 cm³/mol. The molecule has 0 atom stereocenters. The highest BCUT2D eigenvalue weighted by molar-refractivity contribution is 6.11. The Morgan fingerprint density at radius 1 is 0.475 bits per heavy atom. The molecule has 6 aromatic carbocycles. The molecule has 2 aliphatic carbocycles. The van der Waals surface area contributed by atoms with Crippen molar-refractivity contribution in [2.24, 2.45) is 15.9 Å². The summed E-state index contributed by atoms with van der Waals surface area (Å²) >= 11 is 0. The summed E-state index contributed by atoms with van der Waals surface area (Å²) in [5, 5.41) is 6.06. The maximum Gasteiger partial charge on any atom is 0.0574 e. The summed E-state index contributed by atoms with van der Waals surface area (Å²) in [6.45, 7) is 19.4. The molecule has 0 bridgehead atoms. The number of aliphatic imine (C=N–C) groups is 2. The van der Waals surface area contributed by atoms with Crippen LogP contribution in [-0.2, 0) is 13.1 Å². The summed E-state index contributed by atoms with van der Waals surface area (Å²) in [5.41, 5.74) is 21.7. The molecule has 1 N–H and O–H groups in total. The second-order valence-electron chi connectivity index (χ2n) is 21.1. The highest BCUT2D eigenvalue weighted by Gasteiger charge is 2.27. The van der Waals surface area contributed by atoms with Gasteiger partial charge in [-0.2, -0.15) is 0 Å². The number of benzene rings is 6.